The van der Waals surface area contributed by atoms with Crippen LogP contribution in [-0.4, -0.2) is 48.8 Å². The van der Waals surface area contributed by atoms with E-state index in [-0.39, 0.29) is 18.5 Å². The molecular weight excluding hydrogens is 290 g/mol. The number of methoxy groups -OCH3 is 1. The first-order chi connectivity index (χ1) is 11.2. The third kappa shape index (κ3) is 3.27. The molecule has 0 aromatic carbocycles. The van der Waals surface area contributed by atoms with Gasteiger partial charge in [0.2, 0.25) is 0 Å². The molecule has 23 heavy (non-hydrogen) atoms. The predicted molar refractivity (Wildman–Crippen MR) is 88.5 cm³/mol. The number of carbonyl (C=O) groups is 1. The van der Waals surface area contributed by atoms with Crippen molar-refractivity contribution in [3.63, 3.8) is 0 Å². The standard InChI is InChI=1S/C19H29NO3/c1-20-15-9-10-17(20)18(19(22)23-2)16(12-15)14-7-5-13(6-8-14)4-3-11-21/h13-18,21H,5-12H2,1-2H3/t13?,14?,15-,16-,17?,18?/m1/s1. The lowest BCUT2D eigenvalue weighted by Gasteiger charge is -2.45. The molecule has 0 aromatic heterocycles. The molecule has 2 saturated heterocycles. The summed E-state index contributed by atoms with van der Waals surface area (Å²) >= 11 is 0. The first-order valence-corrected chi connectivity index (χ1v) is 9.04. The van der Waals surface area contributed by atoms with E-state index in [1.807, 2.05) is 0 Å². The van der Waals surface area contributed by atoms with Crippen LogP contribution in [0.1, 0.15) is 44.9 Å². The summed E-state index contributed by atoms with van der Waals surface area (Å²) in [6.45, 7) is -0.0390. The zero-order valence-corrected chi connectivity index (χ0v) is 14.3. The number of aliphatic hydroxyl groups is 1. The van der Waals surface area contributed by atoms with Crippen LogP contribution in [0.3, 0.4) is 0 Å². The summed E-state index contributed by atoms with van der Waals surface area (Å²) in [6, 6.07) is 1.02. The van der Waals surface area contributed by atoms with Gasteiger partial charge in [0.05, 0.1) is 13.0 Å². The number of aliphatic hydroxyl groups excluding tert-OH is 1. The van der Waals surface area contributed by atoms with E-state index in [0.717, 1.165) is 38.5 Å². The van der Waals surface area contributed by atoms with Gasteiger partial charge in [0, 0.05) is 18.0 Å². The van der Waals surface area contributed by atoms with Crippen molar-refractivity contribution in [3.05, 3.63) is 0 Å². The van der Waals surface area contributed by atoms with Gasteiger partial charge >= 0.3 is 5.97 Å². The number of rotatable bonds is 2. The second-order valence-corrected chi connectivity index (χ2v) is 7.50. The normalized spacial score (nSPS) is 40.3. The summed E-state index contributed by atoms with van der Waals surface area (Å²) in [7, 11) is 3.71. The maximum atomic E-state index is 12.5. The summed E-state index contributed by atoms with van der Waals surface area (Å²) in [4.78, 5) is 14.9. The molecule has 3 aliphatic rings. The highest BCUT2D eigenvalue weighted by Crippen LogP contribution is 2.48. The SMILES string of the molecule is COC(=O)C1C2CC[C@H](C[C@@H]1C1CCC(C#CCO)CC1)N2C. The molecule has 3 rings (SSSR count). The van der Waals surface area contributed by atoms with Gasteiger partial charge in [0.1, 0.15) is 6.61 Å². The number of nitrogens with zero attached hydrogens (tertiary/aromatic N) is 1. The summed E-state index contributed by atoms with van der Waals surface area (Å²) < 4.78 is 5.17. The summed E-state index contributed by atoms with van der Waals surface area (Å²) in [6.07, 6.45) is 8.03. The zero-order chi connectivity index (χ0) is 16.4. The fourth-order valence-electron chi connectivity index (χ4n) is 5.34. The van der Waals surface area contributed by atoms with Crippen molar-refractivity contribution in [3.8, 4) is 11.8 Å². The molecule has 0 spiro atoms. The Bertz CT molecular complexity index is 487. The number of fused-ring (bicyclic) bond motifs is 2. The Hall–Kier alpha value is -1.05. The van der Waals surface area contributed by atoms with Crippen LogP contribution in [0, 0.1) is 35.5 Å². The van der Waals surface area contributed by atoms with Gasteiger partial charge in [-0.1, -0.05) is 11.8 Å². The Morgan fingerprint density at radius 1 is 1.22 bits per heavy atom. The van der Waals surface area contributed by atoms with Crippen molar-refractivity contribution >= 4 is 5.97 Å². The minimum absolute atomic E-state index is 0.00519. The van der Waals surface area contributed by atoms with Crippen molar-refractivity contribution in [2.75, 3.05) is 20.8 Å². The van der Waals surface area contributed by atoms with E-state index in [2.05, 4.69) is 23.8 Å². The Morgan fingerprint density at radius 2 is 1.96 bits per heavy atom. The first kappa shape index (κ1) is 16.8. The van der Waals surface area contributed by atoms with Crippen LogP contribution >= 0.6 is 0 Å². The highest BCUT2D eigenvalue weighted by Gasteiger charge is 2.51. The summed E-state index contributed by atoms with van der Waals surface area (Å²) in [5.41, 5.74) is 0. The molecule has 4 nitrogen and oxygen atoms in total. The van der Waals surface area contributed by atoms with Crippen molar-refractivity contribution in [2.24, 2.45) is 23.7 Å². The smallest absolute Gasteiger partial charge is 0.310 e. The van der Waals surface area contributed by atoms with Gasteiger partial charge in [-0.15, -0.1) is 0 Å². The van der Waals surface area contributed by atoms with Crippen LogP contribution in [-0.2, 0) is 9.53 Å². The largest absolute Gasteiger partial charge is 0.469 e. The second kappa shape index (κ2) is 7.23. The Morgan fingerprint density at radius 3 is 2.61 bits per heavy atom. The zero-order valence-electron chi connectivity index (χ0n) is 14.3. The average molecular weight is 319 g/mol. The highest BCUT2D eigenvalue weighted by molar-refractivity contribution is 5.74. The van der Waals surface area contributed by atoms with Crippen molar-refractivity contribution < 1.29 is 14.6 Å². The molecule has 1 N–H and O–H groups in total. The quantitative estimate of drug-likeness (QED) is 0.625. The molecule has 3 fully saturated rings. The Kier molecular flexibility index (Phi) is 5.28. The van der Waals surface area contributed by atoms with E-state index in [0.29, 0.717) is 29.8 Å². The molecular formula is C19H29NO3. The molecule has 0 amide bonds. The second-order valence-electron chi connectivity index (χ2n) is 7.50. The fourth-order valence-corrected chi connectivity index (χ4v) is 5.34. The van der Waals surface area contributed by atoms with Gasteiger partial charge in [-0.3, -0.25) is 9.69 Å². The number of esters is 1. The van der Waals surface area contributed by atoms with Gasteiger partial charge < -0.3 is 9.84 Å². The first-order valence-electron chi connectivity index (χ1n) is 9.04. The monoisotopic (exact) mass is 319 g/mol. The van der Waals surface area contributed by atoms with E-state index < -0.39 is 0 Å². The predicted octanol–water partition coefficient (Wildman–Crippen LogP) is 2.06. The van der Waals surface area contributed by atoms with Crippen LogP contribution in [0.4, 0.5) is 0 Å². The van der Waals surface area contributed by atoms with Gasteiger partial charge in [0.25, 0.3) is 0 Å². The molecule has 2 aliphatic heterocycles. The van der Waals surface area contributed by atoms with E-state index in [1.165, 1.54) is 13.5 Å². The van der Waals surface area contributed by atoms with Crippen LogP contribution in [0.25, 0.3) is 0 Å². The van der Waals surface area contributed by atoms with Crippen LogP contribution in [0.5, 0.6) is 0 Å². The number of ether oxygens (including phenoxy) is 1. The van der Waals surface area contributed by atoms with Crippen molar-refractivity contribution in [2.45, 2.75) is 57.0 Å². The third-order valence-corrected chi connectivity index (χ3v) is 6.55. The molecule has 2 bridgehead atoms. The molecule has 0 radical (unpaired) electrons. The molecule has 1 aliphatic carbocycles. The molecule has 0 aromatic rings. The molecule has 2 heterocycles. The lowest BCUT2D eigenvalue weighted by Crippen LogP contribution is -2.52. The fraction of sp³-hybridized carbons (Fsp3) is 0.842. The van der Waals surface area contributed by atoms with Gasteiger partial charge in [0.15, 0.2) is 0 Å². The molecule has 4 atom stereocenters. The van der Waals surface area contributed by atoms with Gasteiger partial charge in [-0.2, -0.15) is 0 Å². The minimum atomic E-state index is -0.0390. The maximum absolute atomic E-state index is 12.5. The number of hydrogen-bond acceptors (Lipinski definition) is 4. The van der Waals surface area contributed by atoms with Gasteiger partial charge in [-0.25, -0.2) is 0 Å². The Balaban J connectivity index is 1.70. The minimum Gasteiger partial charge on any atom is -0.469 e. The van der Waals surface area contributed by atoms with Crippen LogP contribution < -0.4 is 0 Å². The average Bonchev–Trinajstić information content (AvgIpc) is 2.82. The maximum Gasteiger partial charge on any atom is 0.310 e. The number of carbonyl (C=O) groups excluding carboxylic acids is 1. The topological polar surface area (TPSA) is 49.8 Å². The lowest BCUT2D eigenvalue weighted by molar-refractivity contribution is -0.154. The van der Waals surface area contributed by atoms with E-state index >= 15 is 0 Å². The summed E-state index contributed by atoms with van der Waals surface area (Å²) in [5.74, 6) is 7.56. The van der Waals surface area contributed by atoms with Crippen LogP contribution in [0.2, 0.25) is 0 Å². The van der Waals surface area contributed by atoms with E-state index in [9.17, 15) is 4.79 Å². The van der Waals surface area contributed by atoms with Gasteiger partial charge in [-0.05, 0) is 63.8 Å². The molecule has 1 saturated carbocycles. The molecule has 4 heteroatoms. The third-order valence-electron chi connectivity index (χ3n) is 6.55. The lowest BCUT2D eigenvalue weighted by atomic mass is 9.67. The number of piperidine rings is 1. The summed E-state index contributed by atoms with van der Waals surface area (Å²) in [5, 5.41) is 8.84. The van der Waals surface area contributed by atoms with Crippen molar-refractivity contribution in [1.82, 2.24) is 4.90 Å². The van der Waals surface area contributed by atoms with E-state index in [1.54, 1.807) is 0 Å². The number of hydrogen-bond donors (Lipinski definition) is 1. The van der Waals surface area contributed by atoms with Crippen LogP contribution in [0.15, 0.2) is 0 Å². The van der Waals surface area contributed by atoms with Crippen molar-refractivity contribution in [1.29, 1.82) is 0 Å². The Labute approximate surface area is 139 Å². The highest BCUT2D eigenvalue weighted by atomic mass is 16.5. The molecule has 128 valence electrons. The van der Waals surface area contributed by atoms with E-state index in [4.69, 9.17) is 9.84 Å². The molecule has 2 unspecified atom stereocenters.